The summed E-state index contributed by atoms with van der Waals surface area (Å²) in [6.45, 7) is 3.92. The summed E-state index contributed by atoms with van der Waals surface area (Å²) in [6.07, 6.45) is 0.844. The number of benzene rings is 2. The monoisotopic (exact) mass is 407 g/mol. The van der Waals surface area contributed by atoms with Gasteiger partial charge in [-0.3, -0.25) is 14.3 Å². The number of anilines is 1. The van der Waals surface area contributed by atoms with Crippen LogP contribution >= 0.6 is 0 Å². The summed E-state index contributed by atoms with van der Waals surface area (Å²) in [5.41, 5.74) is 4.08. The SMILES string of the molecule is COc1ccccc1C(=O)Nc1ccc(OC(=O)CCc2c(C)nn(C)c2C)cc1. The second-order valence-corrected chi connectivity index (χ2v) is 6.93. The van der Waals surface area contributed by atoms with E-state index in [9.17, 15) is 9.59 Å². The van der Waals surface area contributed by atoms with Gasteiger partial charge < -0.3 is 14.8 Å². The highest BCUT2D eigenvalue weighted by Crippen LogP contribution is 2.21. The summed E-state index contributed by atoms with van der Waals surface area (Å²) < 4.78 is 12.4. The van der Waals surface area contributed by atoms with E-state index in [1.807, 2.05) is 25.6 Å². The molecule has 7 heteroatoms. The van der Waals surface area contributed by atoms with E-state index in [1.54, 1.807) is 48.5 Å². The third-order valence-electron chi connectivity index (χ3n) is 4.93. The number of ether oxygens (including phenoxy) is 2. The summed E-state index contributed by atoms with van der Waals surface area (Å²) in [5.74, 6) is 0.331. The first-order valence-corrected chi connectivity index (χ1v) is 9.63. The lowest BCUT2D eigenvalue weighted by molar-refractivity contribution is -0.134. The van der Waals surface area contributed by atoms with Gasteiger partial charge >= 0.3 is 5.97 Å². The largest absolute Gasteiger partial charge is 0.496 e. The van der Waals surface area contributed by atoms with E-state index < -0.39 is 0 Å². The van der Waals surface area contributed by atoms with Crippen LogP contribution in [-0.4, -0.2) is 28.8 Å². The van der Waals surface area contributed by atoms with Crippen molar-refractivity contribution in [3.63, 3.8) is 0 Å². The van der Waals surface area contributed by atoms with Gasteiger partial charge in [-0.25, -0.2) is 0 Å². The zero-order chi connectivity index (χ0) is 21.7. The molecule has 1 heterocycles. The Hall–Kier alpha value is -3.61. The number of rotatable bonds is 7. The third kappa shape index (κ3) is 4.86. The second kappa shape index (κ2) is 9.26. The summed E-state index contributed by atoms with van der Waals surface area (Å²) in [4.78, 5) is 24.7. The number of nitrogens with zero attached hydrogens (tertiary/aromatic N) is 2. The molecule has 0 unspecified atom stereocenters. The van der Waals surface area contributed by atoms with Crippen LogP contribution in [0, 0.1) is 13.8 Å². The van der Waals surface area contributed by atoms with Crippen molar-refractivity contribution in [2.45, 2.75) is 26.7 Å². The molecule has 0 spiro atoms. The summed E-state index contributed by atoms with van der Waals surface area (Å²) in [6, 6.07) is 13.7. The Morgan fingerprint density at radius 1 is 1.07 bits per heavy atom. The Morgan fingerprint density at radius 3 is 2.40 bits per heavy atom. The minimum Gasteiger partial charge on any atom is -0.496 e. The number of para-hydroxylation sites is 1. The van der Waals surface area contributed by atoms with Crippen LogP contribution in [0.4, 0.5) is 5.69 Å². The van der Waals surface area contributed by atoms with Gasteiger partial charge in [0.2, 0.25) is 0 Å². The van der Waals surface area contributed by atoms with Gasteiger partial charge in [0.1, 0.15) is 11.5 Å². The zero-order valence-electron chi connectivity index (χ0n) is 17.6. The fourth-order valence-electron chi connectivity index (χ4n) is 3.23. The Morgan fingerprint density at radius 2 is 1.77 bits per heavy atom. The molecule has 1 amide bonds. The minimum absolute atomic E-state index is 0.264. The van der Waals surface area contributed by atoms with Gasteiger partial charge in [-0.2, -0.15) is 5.10 Å². The molecule has 2 aromatic carbocycles. The number of hydrogen-bond donors (Lipinski definition) is 1. The van der Waals surface area contributed by atoms with Crippen molar-refractivity contribution in [2.24, 2.45) is 7.05 Å². The first-order chi connectivity index (χ1) is 14.4. The van der Waals surface area contributed by atoms with Crippen LogP contribution in [0.5, 0.6) is 11.5 Å². The van der Waals surface area contributed by atoms with Crippen LogP contribution in [-0.2, 0) is 18.3 Å². The van der Waals surface area contributed by atoms with E-state index >= 15 is 0 Å². The summed E-state index contributed by atoms with van der Waals surface area (Å²) in [7, 11) is 3.41. The van der Waals surface area contributed by atoms with Gasteiger partial charge in [0, 0.05) is 18.4 Å². The molecule has 0 bridgehead atoms. The number of amides is 1. The third-order valence-corrected chi connectivity index (χ3v) is 4.93. The molecule has 0 aliphatic rings. The lowest BCUT2D eigenvalue weighted by Gasteiger charge is -2.10. The summed E-state index contributed by atoms with van der Waals surface area (Å²) in [5, 5.41) is 7.17. The fraction of sp³-hybridized carbons (Fsp3) is 0.261. The molecule has 0 aliphatic heterocycles. The molecule has 3 rings (SSSR count). The smallest absolute Gasteiger partial charge is 0.311 e. The molecule has 0 aliphatic carbocycles. The molecule has 0 atom stereocenters. The van der Waals surface area contributed by atoms with Gasteiger partial charge in [0.15, 0.2) is 0 Å². The maximum atomic E-state index is 12.4. The van der Waals surface area contributed by atoms with Crippen LogP contribution in [0.2, 0.25) is 0 Å². The van der Waals surface area contributed by atoms with Crippen molar-refractivity contribution in [3.05, 3.63) is 71.0 Å². The number of esters is 1. The highest BCUT2D eigenvalue weighted by atomic mass is 16.5. The molecule has 3 aromatic rings. The number of carbonyl (C=O) groups excluding carboxylic acids is 2. The van der Waals surface area contributed by atoms with Crippen molar-refractivity contribution in [3.8, 4) is 11.5 Å². The number of aromatic nitrogens is 2. The predicted molar refractivity (Wildman–Crippen MR) is 114 cm³/mol. The Bertz CT molecular complexity index is 1050. The molecule has 0 fully saturated rings. The molecular formula is C23H25N3O4. The van der Waals surface area contributed by atoms with E-state index in [1.165, 1.54) is 7.11 Å². The molecule has 30 heavy (non-hydrogen) atoms. The average molecular weight is 407 g/mol. The standard InChI is InChI=1S/C23H25N3O4/c1-15-19(16(2)26(3)25-15)13-14-22(27)30-18-11-9-17(10-12-18)24-23(28)20-7-5-6-8-21(20)29-4/h5-12H,13-14H2,1-4H3,(H,24,28). The van der Waals surface area contributed by atoms with Crippen LogP contribution in [0.25, 0.3) is 0 Å². The Labute approximate surface area is 175 Å². The van der Waals surface area contributed by atoms with Gasteiger partial charge in [0.25, 0.3) is 5.91 Å². The first-order valence-electron chi connectivity index (χ1n) is 9.63. The number of hydrogen-bond acceptors (Lipinski definition) is 5. The van der Waals surface area contributed by atoms with E-state index in [-0.39, 0.29) is 18.3 Å². The van der Waals surface area contributed by atoms with Gasteiger partial charge in [-0.05, 0) is 62.2 Å². The van der Waals surface area contributed by atoms with Crippen molar-refractivity contribution >= 4 is 17.6 Å². The fourth-order valence-corrected chi connectivity index (χ4v) is 3.23. The number of nitrogens with one attached hydrogen (secondary N) is 1. The maximum absolute atomic E-state index is 12.4. The highest BCUT2D eigenvalue weighted by molar-refractivity contribution is 6.06. The van der Waals surface area contributed by atoms with E-state index in [4.69, 9.17) is 9.47 Å². The quantitative estimate of drug-likeness (QED) is 0.475. The van der Waals surface area contributed by atoms with Crippen LogP contribution in [0.15, 0.2) is 48.5 Å². The summed E-state index contributed by atoms with van der Waals surface area (Å²) >= 11 is 0. The van der Waals surface area contributed by atoms with Gasteiger partial charge in [-0.1, -0.05) is 12.1 Å². The molecule has 0 saturated carbocycles. The second-order valence-electron chi connectivity index (χ2n) is 6.93. The molecule has 0 saturated heterocycles. The molecule has 1 aromatic heterocycles. The predicted octanol–water partition coefficient (Wildman–Crippen LogP) is 3.84. The van der Waals surface area contributed by atoms with E-state index in [0.717, 1.165) is 17.0 Å². The van der Waals surface area contributed by atoms with Crippen molar-refractivity contribution < 1.29 is 19.1 Å². The molecule has 156 valence electrons. The zero-order valence-corrected chi connectivity index (χ0v) is 17.6. The molecule has 0 radical (unpaired) electrons. The highest BCUT2D eigenvalue weighted by Gasteiger charge is 2.14. The molecular weight excluding hydrogens is 382 g/mol. The lowest BCUT2D eigenvalue weighted by atomic mass is 10.1. The van der Waals surface area contributed by atoms with E-state index in [0.29, 0.717) is 29.2 Å². The van der Waals surface area contributed by atoms with E-state index in [2.05, 4.69) is 10.4 Å². The Balaban J connectivity index is 1.56. The van der Waals surface area contributed by atoms with Gasteiger partial charge in [0.05, 0.1) is 24.8 Å². The van der Waals surface area contributed by atoms with Crippen molar-refractivity contribution in [2.75, 3.05) is 12.4 Å². The number of aryl methyl sites for hydroxylation is 2. The van der Waals surface area contributed by atoms with Crippen LogP contribution in [0.3, 0.4) is 0 Å². The van der Waals surface area contributed by atoms with Crippen molar-refractivity contribution in [1.29, 1.82) is 0 Å². The molecule has 1 N–H and O–H groups in total. The van der Waals surface area contributed by atoms with Crippen LogP contribution in [0.1, 0.15) is 33.7 Å². The van der Waals surface area contributed by atoms with Crippen LogP contribution < -0.4 is 14.8 Å². The number of methoxy groups -OCH3 is 1. The van der Waals surface area contributed by atoms with Gasteiger partial charge in [-0.15, -0.1) is 0 Å². The average Bonchev–Trinajstić information content (AvgIpc) is 2.99. The normalized spacial score (nSPS) is 10.5. The van der Waals surface area contributed by atoms with Crippen molar-refractivity contribution in [1.82, 2.24) is 9.78 Å². The topological polar surface area (TPSA) is 82.4 Å². The Kier molecular flexibility index (Phi) is 6.51. The first kappa shape index (κ1) is 21.1. The lowest BCUT2D eigenvalue weighted by Crippen LogP contribution is -2.13. The minimum atomic E-state index is -0.316. The molecule has 7 nitrogen and oxygen atoms in total. The maximum Gasteiger partial charge on any atom is 0.311 e. The number of carbonyl (C=O) groups is 2.